The van der Waals surface area contributed by atoms with E-state index < -0.39 is 16.1 Å². The fourth-order valence-corrected chi connectivity index (χ4v) is 6.31. The molecule has 0 aliphatic carbocycles. The van der Waals surface area contributed by atoms with E-state index in [9.17, 15) is 18.0 Å². The van der Waals surface area contributed by atoms with Crippen molar-refractivity contribution in [2.75, 3.05) is 45.8 Å². The summed E-state index contributed by atoms with van der Waals surface area (Å²) in [7, 11) is -3.59. The zero-order chi connectivity index (χ0) is 22.2. The molecule has 3 unspecified atom stereocenters. The quantitative estimate of drug-likeness (QED) is 0.626. The molecule has 31 heavy (non-hydrogen) atoms. The van der Waals surface area contributed by atoms with Gasteiger partial charge in [-0.05, 0) is 26.0 Å². The van der Waals surface area contributed by atoms with Crippen LogP contribution >= 0.6 is 0 Å². The van der Waals surface area contributed by atoms with Crippen molar-refractivity contribution in [1.82, 2.24) is 18.4 Å². The van der Waals surface area contributed by atoms with Crippen LogP contribution < -0.4 is 0 Å². The highest BCUT2D eigenvalue weighted by atomic mass is 32.2. The highest BCUT2D eigenvalue weighted by Crippen LogP contribution is 2.24. The zero-order valence-electron chi connectivity index (χ0n) is 18.0. The molecule has 4 rings (SSSR count). The van der Waals surface area contributed by atoms with Gasteiger partial charge in [0.2, 0.25) is 11.8 Å². The number of amides is 2. The summed E-state index contributed by atoms with van der Waals surface area (Å²) in [5.74, 6) is 0.145. The van der Waals surface area contributed by atoms with Crippen LogP contribution in [0.3, 0.4) is 0 Å². The molecule has 2 amide bonds. The molecule has 3 atom stereocenters. The van der Waals surface area contributed by atoms with Gasteiger partial charge in [0.1, 0.15) is 5.76 Å². The number of carbonyl (C=O) groups excluding carboxylic acids is 2. The van der Waals surface area contributed by atoms with Crippen molar-refractivity contribution in [2.45, 2.75) is 39.0 Å². The SMILES string of the molecule is CC1CN(S(=O)(=O)N2CCN(C(=O)C3CC(=O)N(Cc4ccco4)C3)CC2)CC(C)O1. The summed E-state index contributed by atoms with van der Waals surface area (Å²) in [6.45, 7) is 6.30. The second kappa shape index (κ2) is 8.89. The minimum Gasteiger partial charge on any atom is -0.467 e. The van der Waals surface area contributed by atoms with Crippen molar-refractivity contribution < 1.29 is 27.2 Å². The molecular weight excluding hydrogens is 424 g/mol. The second-order valence-electron chi connectivity index (χ2n) is 8.56. The molecule has 0 N–H and O–H groups in total. The number of hydrogen-bond donors (Lipinski definition) is 0. The lowest BCUT2D eigenvalue weighted by Crippen LogP contribution is -2.58. The summed E-state index contributed by atoms with van der Waals surface area (Å²) < 4.78 is 39.9. The average Bonchev–Trinajstić information content (AvgIpc) is 3.37. The number of hydrogen-bond acceptors (Lipinski definition) is 6. The van der Waals surface area contributed by atoms with Gasteiger partial charge in [-0.3, -0.25) is 9.59 Å². The molecule has 3 fully saturated rings. The van der Waals surface area contributed by atoms with Crippen molar-refractivity contribution in [3.05, 3.63) is 24.2 Å². The monoisotopic (exact) mass is 454 g/mol. The van der Waals surface area contributed by atoms with Gasteiger partial charge >= 0.3 is 0 Å². The first kappa shape index (κ1) is 22.3. The minimum atomic E-state index is -3.59. The number of carbonyl (C=O) groups is 2. The maximum atomic E-state index is 13.0. The van der Waals surface area contributed by atoms with E-state index in [1.54, 1.807) is 28.2 Å². The zero-order valence-corrected chi connectivity index (χ0v) is 18.8. The lowest BCUT2D eigenvalue weighted by Gasteiger charge is -2.40. The van der Waals surface area contributed by atoms with Crippen molar-refractivity contribution in [1.29, 1.82) is 0 Å². The summed E-state index contributed by atoms with van der Waals surface area (Å²) in [5.41, 5.74) is 0. The molecule has 0 saturated carbocycles. The van der Waals surface area contributed by atoms with Crippen molar-refractivity contribution in [3.63, 3.8) is 0 Å². The van der Waals surface area contributed by atoms with Gasteiger partial charge in [0.05, 0.1) is 30.9 Å². The third-order valence-electron chi connectivity index (χ3n) is 6.08. The number of furan rings is 1. The number of rotatable bonds is 5. The Hall–Kier alpha value is -1.95. The van der Waals surface area contributed by atoms with Crippen LogP contribution in [-0.4, -0.2) is 96.7 Å². The Morgan fingerprint density at radius 2 is 1.74 bits per heavy atom. The van der Waals surface area contributed by atoms with E-state index in [2.05, 4.69) is 0 Å². The third-order valence-corrected chi connectivity index (χ3v) is 8.05. The molecule has 1 aromatic rings. The molecule has 0 bridgehead atoms. The predicted octanol–water partition coefficient (Wildman–Crippen LogP) is 0.126. The fraction of sp³-hybridized carbons (Fsp3) is 0.700. The van der Waals surface area contributed by atoms with E-state index in [0.717, 1.165) is 0 Å². The highest BCUT2D eigenvalue weighted by Gasteiger charge is 2.40. The van der Waals surface area contributed by atoms with Crippen molar-refractivity contribution in [3.8, 4) is 0 Å². The average molecular weight is 455 g/mol. The summed E-state index contributed by atoms with van der Waals surface area (Å²) >= 11 is 0. The lowest BCUT2D eigenvalue weighted by atomic mass is 10.1. The number of morpholine rings is 1. The van der Waals surface area contributed by atoms with Gasteiger partial charge in [0.15, 0.2) is 0 Å². The first-order valence-corrected chi connectivity index (χ1v) is 12.1. The van der Waals surface area contributed by atoms with Crippen molar-refractivity contribution >= 4 is 22.0 Å². The Bertz CT molecular complexity index is 887. The van der Waals surface area contributed by atoms with Crippen LogP contribution in [0.5, 0.6) is 0 Å². The van der Waals surface area contributed by atoms with Crippen molar-refractivity contribution in [2.24, 2.45) is 5.92 Å². The number of piperazine rings is 1. The van der Waals surface area contributed by atoms with E-state index in [0.29, 0.717) is 45.0 Å². The first-order valence-electron chi connectivity index (χ1n) is 10.7. The standard InChI is InChI=1S/C20H30N4O6S/c1-15-11-24(12-16(2)30-15)31(27,28)23-7-5-21(6-8-23)20(26)17-10-19(25)22(13-17)14-18-4-3-9-29-18/h3-4,9,15-17H,5-8,10-14H2,1-2H3. The molecule has 0 spiro atoms. The Balaban J connectivity index is 1.31. The van der Waals surface area contributed by atoms with Crippen LogP contribution in [0.25, 0.3) is 0 Å². The van der Waals surface area contributed by atoms with Gasteiger partial charge in [0.25, 0.3) is 10.2 Å². The molecule has 1 aromatic heterocycles. The second-order valence-corrected chi connectivity index (χ2v) is 10.5. The van der Waals surface area contributed by atoms with Gasteiger partial charge in [-0.2, -0.15) is 17.0 Å². The van der Waals surface area contributed by atoms with Gasteiger partial charge in [0, 0.05) is 52.2 Å². The number of likely N-dealkylation sites (tertiary alicyclic amines) is 1. The Labute approximate surface area is 182 Å². The summed E-state index contributed by atoms with van der Waals surface area (Å²) in [6.07, 6.45) is 1.45. The van der Waals surface area contributed by atoms with E-state index in [4.69, 9.17) is 9.15 Å². The highest BCUT2D eigenvalue weighted by molar-refractivity contribution is 7.86. The topological polar surface area (TPSA) is 104 Å². The lowest BCUT2D eigenvalue weighted by molar-refractivity contribution is -0.137. The number of ether oxygens (including phenoxy) is 1. The first-order chi connectivity index (χ1) is 14.7. The van der Waals surface area contributed by atoms with Crippen LogP contribution in [0, 0.1) is 5.92 Å². The molecule has 3 saturated heterocycles. The van der Waals surface area contributed by atoms with Crippen LogP contribution in [0.1, 0.15) is 26.0 Å². The third kappa shape index (κ3) is 4.79. The van der Waals surface area contributed by atoms with E-state index in [1.165, 1.54) is 8.61 Å². The van der Waals surface area contributed by atoms with Gasteiger partial charge in [-0.1, -0.05) is 0 Å². The molecule has 0 radical (unpaired) electrons. The molecule has 3 aliphatic heterocycles. The Morgan fingerprint density at radius 3 is 2.35 bits per heavy atom. The van der Waals surface area contributed by atoms with Crippen LogP contribution in [0.15, 0.2) is 22.8 Å². The Kier molecular flexibility index (Phi) is 6.38. The summed E-state index contributed by atoms with van der Waals surface area (Å²) in [5, 5.41) is 0. The van der Waals surface area contributed by atoms with E-state index in [-0.39, 0.29) is 43.5 Å². The number of nitrogens with zero attached hydrogens (tertiary/aromatic N) is 4. The van der Waals surface area contributed by atoms with Gasteiger partial charge in [-0.15, -0.1) is 0 Å². The summed E-state index contributed by atoms with van der Waals surface area (Å²) in [4.78, 5) is 28.6. The molecular formula is C20H30N4O6S. The fourth-order valence-electron chi connectivity index (χ4n) is 4.56. The Morgan fingerprint density at radius 1 is 1.06 bits per heavy atom. The molecule has 0 aromatic carbocycles. The van der Waals surface area contributed by atoms with Gasteiger partial charge < -0.3 is 19.0 Å². The normalized spacial score (nSPS) is 29.0. The summed E-state index contributed by atoms with van der Waals surface area (Å²) in [6, 6.07) is 3.57. The van der Waals surface area contributed by atoms with E-state index >= 15 is 0 Å². The predicted molar refractivity (Wildman–Crippen MR) is 111 cm³/mol. The van der Waals surface area contributed by atoms with Crippen LogP contribution in [-0.2, 0) is 31.1 Å². The minimum absolute atomic E-state index is 0.0634. The maximum Gasteiger partial charge on any atom is 0.282 e. The van der Waals surface area contributed by atoms with Crippen LogP contribution in [0.2, 0.25) is 0 Å². The van der Waals surface area contributed by atoms with E-state index in [1.807, 2.05) is 13.8 Å². The molecule has 3 aliphatic rings. The van der Waals surface area contributed by atoms with Crippen LogP contribution in [0.4, 0.5) is 0 Å². The molecule has 11 heteroatoms. The molecule has 172 valence electrons. The molecule has 10 nitrogen and oxygen atoms in total. The van der Waals surface area contributed by atoms with Gasteiger partial charge in [-0.25, -0.2) is 0 Å². The maximum absolute atomic E-state index is 13.0. The molecule has 4 heterocycles. The largest absolute Gasteiger partial charge is 0.467 e. The smallest absolute Gasteiger partial charge is 0.282 e.